The van der Waals surface area contributed by atoms with Crippen LogP contribution in [0.5, 0.6) is 0 Å². The van der Waals surface area contributed by atoms with Gasteiger partial charge in [0.05, 0.1) is 11.6 Å². The standard InChI is InChI=1S/C12H14F3N/c13-10-6-2-1-5-9(10)12(14,15)11-7-3-4-8-16-11/h1-2,5-6,11,16H,3-4,7-8H2. The van der Waals surface area contributed by atoms with Gasteiger partial charge in [-0.3, -0.25) is 0 Å². The highest BCUT2D eigenvalue weighted by molar-refractivity contribution is 5.24. The van der Waals surface area contributed by atoms with Crippen molar-refractivity contribution in [3.8, 4) is 0 Å². The molecule has 88 valence electrons. The van der Waals surface area contributed by atoms with Crippen molar-refractivity contribution in [2.75, 3.05) is 6.54 Å². The average Bonchev–Trinajstić information content (AvgIpc) is 2.30. The molecule has 0 radical (unpaired) electrons. The number of alkyl halides is 2. The summed E-state index contributed by atoms with van der Waals surface area (Å²) in [6, 6.07) is 4.15. The number of halogens is 3. The van der Waals surface area contributed by atoms with E-state index >= 15 is 0 Å². The van der Waals surface area contributed by atoms with Gasteiger partial charge in [-0.2, -0.15) is 8.78 Å². The molecule has 0 spiro atoms. The summed E-state index contributed by atoms with van der Waals surface area (Å²) in [4.78, 5) is 0. The minimum atomic E-state index is -3.13. The van der Waals surface area contributed by atoms with E-state index in [9.17, 15) is 13.2 Å². The lowest BCUT2D eigenvalue weighted by atomic mass is 9.93. The van der Waals surface area contributed by atoms with Gasteiger partial charge in [0.2, 0.25) is 0 Å². The molecule has 1 nitrogen and oxygen atoms in total. The van der Waals surface area contributed by atoms with E-state index in [1.54, 1.807) is 0 Å². The molecule has 1 heterocycles. The molecular formula is C12H14F3N. The first-order chi connectivity index (χ1) is 7.62. The Morgan fingerprint density at radius 2 is 1.94 bits per heavy atom. The number of benzene rings is 1. The third-order valence-electron chi connectivity index (χ3n) is 2.98. The molecule has 16 heavy (non-hydrogen) atoms. The second kappa shape index (κ2) is 4.45. The van der Waals surface area contributed by atoms with Crippen LogP contribution in [0, 0.1) is 5.82 Å². The van der Waals surface area contributed by atoms with Crippen LogP contribution in [0.2, 0.25) is 0 Å². The van der Waals surface area contributed by atoms with E-state index in [0.717, 1.165) is 25.0 Å². The van der Waals surface area contributed by atoms with Crippen molar-refractivity contribution in [3.63, 3.8) is 0 Å². The van der Waals surface area contributed by atoms with Crippen LogP contribution in [-0.2, 0) is 5.92 Å². The highest BCUT2D eigenvalue weighted by Crippen LogP contribution is 2.36. The van der Waals surface area contributed by atoms with Gasteiger partial charge in [-0.25, -0.2) is 4.39 Å². The van der Waals surface area contributed by atoms with Gasteiger partial charge >= 0.3 is 0 Å². The monoisotopic (exact) mass is 229 g/mol. The van der Waals surface area contributed by atoms with Gasteiger partial charge in [-0.1, -0.05) is 24.6 Å². The summed E-state index contributed by atoms with van der Waals surface area (Å²) in [5, 5.41) is 2.77. The zero-order valence-corrected chi connectivity index (χ0v) is 8.85. The van der Waals surface area contributed by atoms with Gasteiger partial charge in [0, 0.05) is 0 Å². The molecule has 0 amide bonds. The Kier molecular flexibility index (Phi) is 3.19. The highest BCUT2D eigenvalue weighted by atomic mass is 19.3. The largest absolute Gasteiger partial charge is 0.308 e. The van der Waals surface area contributed by atoms with Gasteiger partial charge < -0.3 is 5.32 Å². The van der Waals surface area contributed by atoms with E-state index in [0.29, 0.717) is 13.0 Å². The molecule has 1 aliphatic rings. The normalized spacial score (nSPS) is 22.1. The summed E-state index contributed by atoms with van der Waals surface area (Å²) in [5.74, 6) is -3.97. The Hall–Kier alpha value is -1.03. The molecule has 0 bridgehead atoms. The van der Waals surface area contributed by atoms with Crippen molar-refractivity contribution in [1.29, 1.82) is 0 Å². The molecule has 1 aromatic carbocycles. The molecule has 0 aromatic heterocycles. The fourth-order valence-electron chi connectivity index (χ4n) is 2.08. The van der Waals surface area contributed by atoms with Crippen LogP contribution in [0.15, 0.2) is 24.3 Å². The highest BCUT2D eigenvalue weighted by Gasteiger charge is 2.43. The Labute approximate surface area is 92.7 Å². The summed E-state index contributed by atoms with van der Waals surface area (Å²) in [6.45, 7) is 0.578. The van der Waals surface area contributed by atoms with Crippen molar-refractivity contribution in [1.82, 2.24) is 5.32 Å². The quantitative estimate of drug-likeness (QED) is 0.821. The lowest BCUT2D eigenvalue weighted by Gasteiger charge is -2.31. The van der Waals surface area contributed by atoms with Crippen molar-refractivity contribution in [2.24, 2.45) is 0 Å². The van der Waals surface area contributed by atoms with Crippen LogP contribution in [0.25, 0.3) is 0 Å². The van der Waals surface area contributed by atoms with Crippen LogP contribution in [-0.4, -0.2) is 12.6 Å². The van der Waals surface area contributed by atoms with Crippen molar-refractivity contribution < 1.29 is 13.2 Å². The summed E-state index contributed by atoms with van der Waals surface area (Å²) >= 11 is 0. The molecule has 1 unspecified atom stereocenters. The maximum absolute atomic E-state index is 14.0. The van der Waals surface area contributed by atoms with E-state index < -0.39 is 23.3 Å². The van der Waals surface area contributed by atoms with Gasteiger partial charge in [-0.15, -0.1) is 0 Å². The lowest BCUT2D eigenvalue weighted by molar-refractivity contribution is -0.0540. The fourth-order valence-corrected chi connectivity index (χ4v) is 2.08. The molecule has 1 atom stereocenters. The van der Waals surface area contributed by atoms with E-state index in [4.69, 9.17) is 0 Å². The fraction of sp³-hybridized carbons (Fsp3) is 0.500. The number of hydrogen-bond donors (Lipinski definition) is 1. The maximum Gasteiger partial charge on any atom is 0.291 e. The Morgan fingerprint density at radius 3 is 2.56 bits per heavy atom. The molecule has 2 rings (SSSR count). The lowest BCUT2D eigenvalue weighted by Crippen LogP contribution is -2.46. The van der Waals surface area contributed by atoms with E-state index in [-0.39, 0.29) is 0 Å². The number of nitrogens with one attached hydrogen (secondary N) is 1. The summed E-state index contributed by atoms with van der Waals surface area (Å²) in [7, 11) is 0. The topological polar surface area (TPSA) is 12.0 Å². The Morgan fingerprint density at radius 1 is 1.19 bits per heavy atom. The zero-order valence-electron chi connectivity index (χ0n) is 8.85. The van der Waals surface area contributed by atoms with Gasteiger partial charge in [0.15, 0.2) is 0 Å². The first-order valence-corrected chi connectivity index (χ1v) is 5.48. The summed E-state index contributed by atoms with van der Waals surface area (Å²) in [6.07, 6.45) is 2.06. The van der Waals surface area contributed by atoms with Gasteiger partial charge in [-0.05, 0) is 25.5 Å². The second-order valence-corrected chi connectivity index (χ2v) is 4.11. The molecule has 1 fully saturated rings. The third-order valence-corrected chi connectivity index (χ3v) is 2.98. The van der Waals surface area contributed by atoms with E-state index in [1.807, 2.05) is 0 Å². The first kappa shape index (κ1) is 11.5. The van der Waals surface area contributed by atoms with Crippen LogP contribution < -0.4 is 5.32 Å². The van der Waals surface area contributed by atoms with Crippen LogP contribution >= 0.6 is 0 Å². The maximum atomic E-state index is 14.0. The smallest absolute Gasteiger partial charge is 0.291 e. The second-order valence-electron chi connectivity index (χ2n) is 4.11. The number of rotatable bonds is 2. The van der Waals surface area contributed by atoms with Crippen LogP contribution in [0.4, 0.5) is 13.2 Å². The average molecular weight is 229 g/mol. The molecule has 0 saturated carbocycles. The van der Waals surface area contributed by atoms with Crippen molar-refractivity contribution in [3.05, 3.63) is 35.6 Å². The molecule has 1 aromatic rings. The summed E-state index contributed by atoms with van der Waals surface area (Å²) in [5.41, 5.74) is -0.505. The molecule has 1 aliphatic heterocycles. The SMILES string of the molecule is Fc1ccccc1C(F)(F)C1CCCCN1. The molecule has 0 aliphatic carbocycles. The minimum absolute atomic E-state index is 0.390. The predicted octanol–water partition coefficient (Wildman–Crippen LogP) is 3.06. The molecule has 1 N–H and O–H groups in total. The van der Waals surface area contributed by atoms with Crippen LogP contribution in [0.3, 0.4) is 0 Å². The predicted molar refractivity (Wildman–Crippen MR) is 55.9 cm³/mol. The Bertz CT molecular complexity index is 359. The zero-order chi connectivity index (χ0) is 11.6. The minimum Gasteiger partial charge on any atom is -0.308 e. The van der Waals surface area contributed by atoms with E-state index in [1.165, 1.54) is 12.1 Å². The first-order valence-electron chi connectivity index (χ1n) is 5.48. The molecular weight excluding hydrogens is 215 g/mol. The van der Waals surface area contributed by atoms with Gasteiger partial charge in [0.25, 0.3) is 5.92 Å². The third kappa shape index (κ3) is 2.07. The number of piperidine rings is 1. The van der Waals surface area contributed by atoms with Crippen molar-refractivity contribution >= 4 is 0 Å². The summed E-state index contributed by atoms with van der Waals surface area (Å²) < 4.78 is 41.3. The van der Waals surface area contributed by atoms with Gasteiger partial charge in [0.1, 0.15) is 5.82 Å². The van der Waals surface area contributed by atoms with Crippen LogP contribution in [0.1, 0.15) is 24.8 Å². The van der Waals surface area contributed by atoms with Crippen molar-refractivity contribution in [2.45, 2.75) is 31.2 Å². The van der Waals surface area contributed by atoms with E-state index in [2.05, 4.69) is 5.32 Å². The molecule has 4 heteroatoms. The molecule has 1 saturated heterocycles. The Balaban J connectivity index is 2.26. The number of hydrogen-bond acceptors (Lipinski definition) is 1.